The summed E-state index contributed by atoms with van der Waals surface area (Å²) in [6, 6.07) is 0. The highest BCUT2D eigenvalue weighted by Crippen LogP contribution is 2.29. The third-order valence-electron chi connectivity index (χ3n) is 2.87. The van der Waals surface area contributed by atoms with E-state index in [-0.39, 0.29) is 12.8 Å². The number of hydrogen-bond acceptors (Lipinski definition) is 5. The van der Waals surface area contributed by atoms with E-state index in [1.54, 1.807) is 6.92 Å². The fourth-order valence-corrected chi connectivity index (χ4v) is 1.87. The summed E-state index contributed by atoms with van der Waals surface area (Å²) >= 11 is 0. The van der Waals surface area contributed by atoms with Gasteiger partial charge >= 0.3 is 17.9 Å². The van der Waals surface area contributed by atoms with Gasteiger partial charge in [0.15, 0.2) is 0 Å². The van der Waals surface area contributed by atoms with Crippen LogP contribution in [0.25, 0.3) is 0 Å². The number of rotatable bonds is 8. The molecule has 0 saturated heterocycles. The van der Waals surface area contributed by atoms with Crippen molar-refractivity contribution in [3.05, 3.63) is 0 Å². The number of carboxylic acids is 3. The summed E-state index contributed by atoms with van der Waals surface area (Å²) in [4.78, 5) is 44.3. The van der Waals surface area contributed by atoms with Crippen LogP contribution in [0.3, 0.4) is 0 Å². The molecule has 2 unspecified atom stereocenters. The first kappa shape index (κ1) is 16.8. The number of amides is 1. The maximum absolute atomic E-state index is 11.1. The smallest absolute Gasteiger partial charge is 0.335 e. The molecule has 7 N–H and O–H groups in total. The van der Waals surface area contributed by atoms with Gasteiger partial charge in [0, 0.05) is 5.92 Å². The fourth-order valence-electron chi connectivity index (χ4n) is 1.87. The maximum atomic E-state index is 11.1. The summed E-state index contributed by atoms with van der Waals surface area (Å²) in [7, 11) is 0. The molecule has 0 aliphatic carbocycles. The molecule has 0 bridgehead atoms. The quantitative estimate of drug-likeness (QED) is 0.330. The molecule has 0 spiro atoms. The zero-order chi connectivity index (χ0) is 15.4. The Morgan fingerprint density at radius 1 is 1.11 bits per heavy atom. The predicted octanol–water partition coefficient (Wildman–Crippen LogP) is -1.54. The highest BCUT2D eigenvalue weighted by Gasteiger charge is 2.55. The molecule has 0 aliphatic rings. The lowest BCUT2D eigenvalue weighted by Crippen LogP contribution is -2.64. The number of hydrogen-bond donors (Lipinski definition) is 5. The molecule has 0 aromatic rings. The van der Waals surface area contributed by atoms with Crippen LogP contribution >= 0.6 is 0 Å². The molecule has 0 fully saturated rings. The van der Waals surface area contributed by atoms with Gasteiger partial charge in [-0.05, 0) is 6.42 Å². The van der Waals surface area contributed by atoms with Crippen molar-refractivity contribution in [2.75, 3.05) is 0 Å². The van der Waals surface area contributed by atoms with Gasteiger partial charge in [0.1, 0.15) is 5.92 Å². The van der Waals surface area contributed by atoms with Gasteiger partial charge in [0.25, 0.3) is 0 Å². The van der Waals surface area contributed by atoms with Gasteiger partial charge in [0.05, 0.1) is 0 Å². The minimum Gasteiger partial charge on any atom is -0.481 e. The zero-order valence-electron chi connectivity index (χ0n) is 10.2. The van der Waals surface area contributed by atoms with E-state index in [2.05, 4.69) is 0 Å². The van der Waals surface area contributed by atoms with Crippen molar-refractivity contribution < 1.29 is 34.5 Å². The summed E-state index contributed by atoms with van der Waals surface area (Å²) < 4.78 is 0. The molecule has 19 heavy (non-hydrogen) atoms. The van der Waals surface area contributed by atoms with Crippen molar-refractivity contribution in [3.63, 3.8) is 0 Å². The average molecular weight is 276 g/mol. The summed E-state index contributed by atoms with van der Waals surface area (Å²) in [5.41, 5.74) is 7.33. The molecule has 0 aliphatic heterocycles. The lowest BCUT2D eigenvalue weighted by Gasteiger charge is -2.32. The average Bonchev–Trinajstić information content (AvgIpc) is 2.25. The Labute approximate surface area is 108 Å². The molecular formula is C10H16N2O7. The van der Waals surface area contributed by atoms with E-state index < -0.39 is 41.2 Å². The van der Waals surface area contributed by atoms with Crippen molar-refractivity contribution in [2.24, 2.45) is 23.3 Å². The zero-order valence-corrected chi connectivity index (χ0v) is 10.2. The van der Waals surface area contributed by atoms with Gasteiger partial charge in [-0.3, -0.25) is 9.59 Å². The van der Waals surface area contributed by atoms with Crippen molar-refractivity contribution >= 4 is 23.8 Å². The van der Waals surface area contributed by atoms with E-state index in [4.69, 9.17) is 26.8 Å². The van der Waals surface area contributed by atoms with Crippen molar-refractivity contribution in [2.45, 2.75) is 25.3 Å². The highest BCUT2D eigenvalue weighted by molar-refractivity contribution is 6.06. The summed E-state index contributed by atoms with van der Waals surface area (Å²) in [6.45, 7) is 1.57. The van der Waals surface area contributed by atoms with E-state index in [1.807, 2.05) is 0 Å². The molecule has 0 aromatic carbocycles. The monoisotopic (exact) mass is 276 g/mol. The topological polar surface area (TPSA) is 181 Å². The third kappa shape index (κ3) is 3.19. The number of nitrogens with two attached hydrogens (primary N) is 2. The van der Waals surface area contributed by atoms with Crippen LogP contribution in [-0.4, -0.2) is 44.7 Å². The summed E-state index contributed by atoms with van der Waals surface area (Å²) in [5, 5.41) is 26.8. The molecule has 0 heterocycles. The van der Waals surface area contributed by atoms with E-state index in [1.165, 1.54) is 0 Å². The van der Waals surface area contributed by atoms with Crippen LogP contribution < -0.4 is 11.5 Å². The molecular weight excluding hydrogens is 260 g/mol. The van der Waals surface area contributed by atoms with E-state index >= 15 is 0 Å². The van der Waals surface area contributed by atoms with Gasteiger partial charge in [-0.1, -0.05) is 13.3 Å². The first-order valence-electron chi connectivity index (χ1n) is 5.38. The van der Waals surface area contributed by atoms with Crippen LogP contribution in [0.5, 0.6) is 0 Å². The van der Waals surface area contributed by atoms with Gasteiger partial charge in [-0.15, -0.1) is 0 Å². The van der Waals surface area contributed by atoms with Gasteiger partial charge in [0.2, 0.25) is 11.4 Å². The second-order valence-electron chi connectivity index (χ2n) is 4.09. The normalized spacial score (nSPS) is 14.4. The Morgan fingerprint density at radius 3 is 1.74 bits per heavy atom. The van der Waals surface area contributed by atoms with Crippen LogP contribution in [0.15, 0.2) is 0 Å². The van der Waals surface area contributed by atoms with Crippen molar-refractivity contribution in [1.29, 1.82) is 0 Å². The van der Waals surface area contributed by atoms with Crippen LogP contribution in [-0.2, 0) is 19.2 Å². The molecule has 1 amide bonds. The summed E-state index contributed by atoms with van der Waals surface area (Å²) in [6.07, 6.45) is 0.0518. The van der Waals surface area contributed by atoms with Crippen LogP contribution in [0.1, 0.15) is 19.8 Å². The second-order valence-corrected chi connectivity index (χ2v) is 4.09. The molecule has 0 saturated carbocycles. The Bertz CT molecular complexity index is 379. The van der Waals surface area contributed by atoms with Crippen molar-refractivity contribution in [3.8, 4) is 0 Å². The Morgan fingerprint density at radius 2 is 1.53 bits per heavy atom. The molecule has 9 nitrogen and oxygen atoms in total. The Balaban J connectivity index is 5.87. The first-order valence-corrected chi connectivity index (χ1v) is 5.38. The molecule has 0 rings (SSSR count). The van der Waals surface area contributed by atoms with E-state index in [9.17, 15) is 19.2 Å². The van der Waals surface area contributed by atoms with Gasteiger partial charge in [-0.2, -0.15) is 0 Å². The molecule has 108 valence electrons. The minimum absolute atomic E-state index is 0.186. The van der Waals surface area contributed by atoms with Crippen LogP contribution in [0.4, 0.5) is 0 Å². The SMILES string of the molecule is CCCC(C(C(N)=O)C(=O)O)C(N)(C(=O)O)C(=O)O. The Kier molecular flexibility index (Phi) is 5.44. The fraction of sp³-hybridized carbons (Fsp3) is 0.600. The van der Waals surface area contributed by atoms with Gasteiger partial charge < -0.3 is 26.8 Å². The van der Waals surface area contributed by atoms with Crippen LogP contribution in [0, 0.1) is 11.8 Å². The number of carbonyl (C=O) groups is 4. The Hall–Kier alpha value is -2.16. The minimum atomic E-state index is -2.89. The van der Waals surface area contributed by atoms with Gasteiger partial charge in [-0.25, -0.2) is 9.59 Å². The number of carbonyl (C=O) groups excluding carboxylic acids is 1. The molecule has 0 aromatic heterocycles. The number of primary amides is 1. The standard InChI is InChI=1S/C10H16N2O7/c1-2-3-4(5(6(11)13)7(14)15)10(12,8(16)17)9(18)19/h4-5H,2-3,12H2,1H3,(H2,11,13)(H,14,15)(H,16,17)(H,18,19). The number of carboxylic acid groups (broad SMARTS) is 3. The molecule has 9 heteroatoms. The first-order chi connectivity index (χ1) is 8.60. The molecule has 2 atom stereocenters. The summed E-state index contributed by atoms with van der Waals surface area (Å²) in [5.74, 6) is -10.5. The van der Waals surface area contributed by atoms with E-state index in [0.29, 0.717) is 0 Å². The van der Waals surface area contributed by atoms with Crippen molar-refractivity contribution in [1.82, 2.24) is 0 Å². The number of aliphatic carboxylic acids is 3. The second kappa shape index (κ2) is 6.14. The lowest BCUT2D eigenvalue weighted by molar-refractivity contribution is -0.164. The lowest BCUT2D eigenvalue weighted by atomic mass is 9.73. The maximum Gasteiger partial charge on any atom is 0.335 e. The van der Waals surface area contributed by atoms with Crippen LogP contribution in [0.2, 0.25) is 0 Å². The highest BCUT2D eigenvalue weighted by atomic mass is 16.4. The largest absolute Gasteiger partial charge is 0.481 e. The molecule has 0 radical (unpaired) electrons. The predicted molar refractivity (Wildman–Crippen MR) is 60.9 cm³/mol. The van der Waals surface area contributed by atoms with E-state index in [0.717, 1.165) is 0 Å². The third-order valence-corrected chi connectivity index (χ3v) is 2.87.